The monoisotopic (exact) mass is 616 g/mol. The summed E-state index contributed by atoms with van der Waals surface area (Å²) in [4.78, 5) is 16.2. The highest BCUT2D eigenvalue weighted by molar-refractivity contribution is 6.33. The lowest BCUT2D eigenvalue weighted by molar-refractivity contribution is 0.175. The van der Waals surface area contributed by atoms with E-state index in [2.05, 4.69) is 32.3 Å². The first kappa shape index (κ1) is 28.9. The first-order valence-electron chi connectivity index (χ1n) is 14.7. The van der Waals surface area contributed by atoms with Gasteiger partial charge in [0.1, 0.15) is 17.1 Å². The fourth-order valence-electron chi connectivity index (χ4n) is 6.02. The number of rotatable bonds is 7. The van der Waals surface area contributed by atoms with E-state index < -0.39 is 0 Å². The van der Waals surface area contributed by atoms with Crippen LogP contribution in [0.25, 0.3) is 44.6 Å². The van der Waals surface area contributed by atoms with Crippen LogP contribution in [0, 0.1) is 18.3 Å². The molecule has 6 aromatic rings. The Hall–Kier alpha value is -4.85. The molecule has 10 heteroatoms. The number of aliphatic hydroxyl groups is 2. The van der Waals surface area contributed by atoms with Gasteiger partial charge in [0, 0.05) is 43.1 Å². The molecule has 0 saturated carbocycles. The Morgan fingerprint density at radius 3 is 2.80 bits per heavy atom. The minimum atomic E-state index is -0.252. The summed E-state index contributed by atoms with van der Waals surface area (Å²) < 4.78 is 6.08. The van der Waals surface area contributed by atoms with E-state index in [4.69, 9.17) is 21.0 Å². The predicted octanol–water partition coefficient (Wildman–Crippen LogP) is 6.74. The van der Waals surface area contributed by atoms with Crippen molar-refractivity contribution in [2.45, 2.75) is 32.6 Å². The largest absolute Gasteiger partial charge is 0.435 e. The quantitative estimate of drug-likeness (QED) is 0.178. The lowest BCUT2D eigenvalue weighted by Gasteiger charge is -2.16. The van der Waals surface area contributed by atoms with Crippen molar-refractivity contribution < 1.29 is 14.6 Å². The molecular formula is C35H29ClN6O3. The number of halogens is 1. The fourth-order valence-corrected chi connectivity index (χ4v) is 6.31. The van der Waals surface area contributed by atoms with E-state index >= 15 is 0 Å². The van der Waals surface area contributed by atoms with Gasteiger partial charge < -0.3 is 19.9 Å². The number of nitriles is 1. The van der Waals surface area contributed by atoms with Gasteiger partial charge in [-0.05, 0) is 83.6 Å². The molecule has 1 saturated heterocycles. The molecule has 0 amide bonds. The number of hydrogen-bond acceptors (Lipinski definition) is 9. The van der Waals surface area contributed by atoms with Crippen LogP contribution < -0.4 is 5.32 Å². The minimum absolute atomic E-state index is 0.206. The molecule has 224 valence electrons. The topological polar surface area (TPSA) is 131 Å². The number of pyridine rings is 2. The van der Waals surface area contributed by atoms with Crippen molar-refractivity contribution in [2.75, 3.05) is 18.4 Å². The Bertz CT molecular complexity index is 2120. The van der Waals surface area contributed by atoms with Crippen LogP contribution in [0.3, 0.4) is 0 Å². The SMILES string of the molecule is Cc1c(-c2cccc(Nc3nccc4cc(CN5CCC(O)C5)cnc34)c2)ccc(Cl)c1-c1nc2cc(CO)cc(C#N)c2o1. The molecule has 1 unspecified atom stereocenters. The van der Waals surface area contributed by atoms with Crippen LogP contribution >= 0.6 is 11.6 Å². The van der Waals surface area contributed by atoms with E-state index in [1.54, 1.807) is 18.3 Å². The molecule has 45 heavy (non-hydrogen) atoms. The summed E-state index contributed by atoms with van der Waals surface area (Å²) in [5.41, 5.74) is 7.85. The van der Waals surface area contributed by atoms with Crippen molar-refractivity contribution in [1.82, 2.24) is 19.9 Å². The van der Waals surface area contributed by atoms with Gasteiger partial charge in [-0.25, -0.2) is 9.97 Å². The van der Waals surface area contributed by atoms with E-state index in [0.29, 0.717) is 51.1 Å². The van der Waals surface area contributed by atoms with Gasteiger partial charge in [0.15, 0.2) is 11.4 Å². The van der Waals surface area contributed by atoms with Gasteiger partial charge in [0.05, 0.1) is 28.9 Å². The van der Waals surface area contributed by atoms with Crippen LogP contribution in [-0.4, -0.2) is 49.3 Å². The molecule has 7 rings (SSSR count). The van der Waals surface area contributed by atoms with Gasteiger partial charge in [-0.3, -0.25) is 9.88 Å². The van der Waals surface area contributed by atoms with Gasteiger partial charge >= 0.3 is 0 Å². The van der Waals surface area contributed by atoms with Crippen LogP contribution in [0.4, 0.5) is 11.5 Å². The van der Waals surface area contributed by atoms with Crippen molar-refractivity contribution >= 4 is 45.1 Å². The number of anilines is 2. The maximum atomic E-state index is 9.87. The van der Waals surface area contributed by atoms with Crippen LogP contribution in [0.2, 0.25) is 5.02 Å². The molecule has 0 bridgehead atoms. The van der Waals surface area contributed by atoms with Crippen molar-refractivity contribution in [1.29, 1.82) is 5.26 Å². The third-order valence-electron chi connectivity index (χ3n) is 8.23. The summed E-state index contributed by atoms with van der Waals surface area (Å²) in [6, 6.07) is 21.3. The second-order valence-corrected chi connectivity index (χ2v) is 11.7. The molecule has 0 aliphatic carbocycles. The number of likely N-dealkylation sites (tertiary alicyclic amines) is 1. The smallest absolute Gasteiger partial charge is 0.229 e. The van der Waals surface area contributed by atoms with Crippen molar-refractivity contribution in [3.63, 3.8) is 0 Å². The van der Waals surface area contributed by atoms with Gasteiger partial charge in [-0.1, -0.05) is 29.8 Å². The second-order valence-electron chi connectivity index (χ2n) is 11.3. The molecule has 0 radical (unpaired) electrons. The van der Waals surface area contributed by atoms with E-state index in [9.17, 15) is 15.5 Å². The predicted molar refractivity (Wildman–Crippen MR) is 174 cm³/mol. The standard InChI is InChI=1S/C35H29ClN6O3/c1-20-28(5-6-29(36)31(20)35-41-30-13-21(19-43)11-25(15-37)33(30)45-35)23-3-2-4-26(14-23)40-34-32-24(7-9-38-34)12-22(16-39-32)17-42-10-8-27(44)18-42/h2-7,9,11-14,16,27,43-44H,8,10,17-19H2,1H3,(H,38,40). The van der Waals surface area contributed by atoms with Gasteiger partial charge in [-0.15, -0.1) is 0 Å². The molecule has 4 heterocycles. The van der Waals surface area contributed by atoms with E-state index in [-0.39, 0.29) is 12.7 Å². The molecule has 3 aromatic carbocycles. The number of hydrogen-bond donors (Lipinski definition) is 3. The summed E-state index contributed by atoms with van der Waals surface area (Å²) >= 11 is 6.70. The number of oxazole rings is 1. The highest BCUT2D eigenvalue weighted by Crippen LogP contribution is 2.39. The summed E-state index contributed by atoms with van der Waals surface area (Å²) in [6.45, 7) is 4.08. The number of benzene rings is 3. The maximum absolute atomic E-state index is 9.87. The van der Waals surface area contributed by atoms with E-state index in [0.717, 1.165) is 58.4 Å². The highest BCUT2D eigenvalue weighted by Gasteiger charge is 2.21. The molecule has 3 N–H and O–H groups in total. The number of nitrogens with zero attached hydrogens (tertiary/aromatic N) is 5. The number of aromatic nitrogens is 3. The third kappa shape index (κ3) is 5.61. The van der Waals surface area contributed by atoms with Crippen molar-refractivity contribution in [2.24, 2.45) is 0 Å². The minimum Gasteiger partial charge on any atom is -0.435 e. The molecule has 1 fully saturated rings. The maximum Gasteiger partial charge on any atom is 0.229 e. The summed E-state index contributed by atoms with van der Waals surface area (Å²) in [5.74, 6) is 0.963. The van der Waals surface area contributed by atoms with Crippen LogP contribution in [0.15, 0.2) is 77.5 Å². The number of β-amino-alcohol motifs (C(OH)–C–C–N with tert-alkyl or cyclic N) is 1. The van der Waals surface area contributed by atoms with Gasteiger partial charge in [0.2, 0.25) is 5.89 Å². The third-order valence-corrected chi connectivity index (χ3v) is 8.54. The molecule has 9 nitrogen and oxygen atoms in total. The zero-order valence-corrected chi connectivity index (χ0v) is 25.2. The average Bonchev–Trinajstić information content (AvgIpc) is 3.66. The summed E-state index contributed by atoms with van der Waals surface area (Å²) in [5, 5.41) is 34.0. The lowest BCUT2D eigenvalue weighted by Crippen LogP contribution is -2.21. The molecule has 1 atom stereocenters. The van der Waals surface area contributed by atoms with Gasteiger partial charge in [-0.2, -0.15) is 5.26 Å². The Labute approximate surface area is 264 Å². The molecule has 3 aromatic heterocycles. The second kappa shape index (κ2) is 11.9. The zero-order chi connectivity index (χ0) is 31.1. The number of aliphatic hydroxyl groups excluding tert-OH is 2. The average molecular weight is 617 g/mol. The molecule has 1 aliphatic heterocycles. The first-order chi connectivity index (χ1) is 21.9. The van der Waals surface area contributed by atoms with E-state index in [1.165, 1.54) is 0 Å². The van der Waals surface area contributed by atoms with E-state index in [1.807, 2.05) is 55.6 Å². The van der Waals surface area contributed by atoms with Crippen LogP contribution in [0.1, 0.15) is 28.7 Å². The zero-order valence-electron chi connectivity index (χ0n) is 24.5. The van der Waals surface area contributed by atoms with Crippen LogP contribution in [-0.2, 0) is 13.2 Å². The molecule has 1 aliphatic rings. The number of fused-ring (bicyclic) bond motifs is 2. The Kier molecular flexibility index (Phi) is 7.65. The molecule has 0 spiro atoms. The normalized spacial score (nSPS) is 15.1. The van der Waals surface area contributed by atoms with Crippen molar-refractivity contribution in [3.8, 4) is 28.7 Å². The Morgan fingerprint density at radius 1 is 1.11 bits per heavy atom. The Morgan fingerprint density at radius 2 is 2.00 bits per heavy atom. The lowest BCUT2D eigenvalue weighted by atomic mass is 9.96. The summed E-state index contributed by atoms with van der Waals surface area (Å²) in [7, 11) is 0. The van der Waals surface area contributed by atoms with Crippen LogP contribution in [0.5, 0.6) is 0 Å². The van der Waals surface area contributed by atoms with Gasteiger partial charge in [0.25, 0.3) is 0 Å². The summed E-state index contributed by atoms with van der Waals surface area (Å²) in [6.07, 6.45) is 4.21. The van der Waals surface area contributed by atoms with Crippen molar-refractivity contribution in [3.05, 3.63) is 100 Å². The highest BCUT2D eigenvalue weighted by atomic mass is 35.5. The fraction of sp³-hybridized carbons (Fsp3) is 0.200. The molecular weight excluding hydrogens is 588 g/mol. The first-order valence-corrected chi connectivity index (χ1v) is 15.0. The Balaban J connectivity index is 1.20. The number of nitrogens with one attached hydrogen (secondary N) is 1.